The number of halogens is 3. The predicted molar refractivity (Wildman–Crippen MR) is 86.9 cm³/mol. The van der Waals surface area contributed by atoms with Gasteiger partial charge in [-0.05, 0) is 46.6 Å². The van der Waals surface area contributed by atoms with Crippen molar-refractivity contribution in [2.45, 2.75) is 13.0 Å². The predicted octanol–water partition coefficient (Wildman–Crippen LogP) is 5.43. The fraction of sp³-hybridized carbons (Fsp3) is 0.143. The molecule has 0 aliphatic carbocycles. The fourth-order valence-electron chi connectivity index (χ4n) is 1.90. The summed E-state index contributed by atoms with van der Waals surface area (Å²) in [4.78, 5) is 10.4. The minimum absolute atomic E-state index is 0.168. The van der Waals surface area contributed by atoms with Crippen LogP contribution in [0.4, 0.5) is 15.8 Å². The van der Waals surface area contributed by atoms with Gasteiger partial charge >= 0.3 is 0 Å². The molecule has 110 valence electrons. The quantitative estimate of drug-likeness (QED) is 0.532. The maximum Gasteiger partial charge on any atom is 0.295 e. The summed E-state index contributed by atoms with van der Waals surface area (Å²) in [5.41, 5.74) is 0.928. The van der Waals surface area contributed by atoms with Gasteiger partial charge in [-0.15, -0.1) is 0 Å². The number of hydrogen-bond acceptors (Lipinski definition) is 3. The molecule has 0 heterocycles. The van der Waals surface area contributed by atoms with E-state index < -0.39 is 10.7 Å². The SMILES string of the molecule is CC(Nc1cc(Br)c(F)cc1[N+](=O)[O-])c1cccc(Br)c1. The second-order valence-electron chi connectivity index (χ2n) is 4.46. The Hall–Kier alpha value is -1.47. The lowest BCUT2D eigenvalue weighted by Crippen LogP contribution is -2.08. The topological polar surface area (TPSA) is 55.2 Å². The molecule has 2 aromatic rings. The van der Waals surface area contributed by atoms with E-state index in [1.807, 2.05) is 31.2 Å². The lowest BCUT2D eigenvalue weighted by atomic mass is 10.1. The van der Waals surface area contributed by atoms with Gasteiger partial charge in [0.2, 0.25) is 0 Å². The molecule has 2 aromatic carbocycles. The molecule has 1 unspecified atom stereocenters. The van der Waals surface area contributed by atoms with Crippen LogP contribution in [0.5, 0.6) is 0 Å². The maximum atomic E-state index is 13.4. The van der Waals surface area contributed by atoms with E-state index in [0.29, 0.717) is 0 Å². The smallest absolute Gasteiger partial charge is 0.295 e. The van der Waals surface area contributed by atoms with E-state index in [9.17, 15) is 14.5 Å². The van der Waals surface area contributed by atoms with Crippen molar-refractivity contribution in [3.8, 4) is 0 Å². The van der Waals surface area contributed by atoms with Crippen molar-refractivity contribution in [2.75, 3.05) is 5.32 Å². The Morgan fingerprint density at radius 3 is 2.62 bits per heavy atom. The number of nitrogens with zero attached hydrogens (tertiary/aromatic N) is 1. The summed E-state index contributed by atoms with van der Waals surface area (Å²) in [6, 6.07) is 9.72. The van der Waals surface area contributed by atoms with Gasteiger partial charge < -0.3 is 5.32 Å². The van der Waals surface area contributed by atoms with Crippen LogP contribution in [0, 0.1) is 15.9 Å². The molecular weight excluding hydrogens is 407 g/mol. The van der Waals surface area contributed by atoms with E-state index in [4.69, 9.17) is 0 Å². The van der Waals surface area contributed by atoms with Crippen LogP contribution < -0.4 is 5.32 Å². The van der Waals surface area contributed by atoms with Gasteiger partial charge in [0.25, 0.3) is 5.69 Å². The van der Waals surface area contributed by atoms with Crippen LogP contribution >= 0.6 is 31.9 Å². The minimum Gasteiger partial charge on any atom is -0.373 e. The van der Waals surface area contributed by atoms with Crippen molar-refractivity contribution in [1.29, 1.82) is 0 Å². The molecular formula is C14H11Br2FN2O2. The number of nitro groups is 1. The highest BCUT2D eigenvalue weighted by Crippen LogP contribution is 2.33. The zero-order valence-corrected chi connectivity index (χ0v) is 14.1. The van der Waals surface area contributed by atoms with Gasteiger partial charge in [-0.2, -0.15) is 0 Å². The Balaban J connectivity index is 2.34. The summed E-state index contributed by atoms with van der Waals surface area (Å²) in [6.45, 7) is 1.88. The van der Waals surface area contributed by atoms with Gasteiger partial charge in [-0.1, -0.05) is 28.1 Å². The summed E-state index contributed by atoms with van der Waals surface area (Å²) in [6.07, 6.45) is 0. The Bertz CT molecular complexity index is 695. The normalized spacial score (nSPS) is 12.0. The molecule has 4 nitrogen and oxygen atoms in total. The molecule has 2 rings (SSSR count). The van der Waals surface area contributed by atoms with E-state index in [1.165, 1.54) is 6.07 Å². The van der Waals surface area contributed by atoms with E-state index in [2.05, 4.69) is 37.2 Å². The number of nitrogens with one attached hydrogen (secondary N) is 1. The third-order valence-corrected chi connectivity index (χ3v) is 4.06. The van der Waals surface area contributed by atoms with E-state index >= 15 is 0 Å². The molecule has 0 bridgehead atoms. The minimum atomic E-state index is -0.664. The monoisotopic (exact) mass is 416 g/mol. The summed E-state index contributed by atoms with van der Waals surface area (Å²) in [5.74, 6) is -0.664. The first kappa shape index (κ1) is 15.9. The molecule has 0 amide bonds. The Morgan fingerprint density at radius 2 is 2.00 bits per heavy atom. The van der Waals surface area contributed by atoms with Crippen LogP contribution in [0.1, 0.15) is 18.5 Å². The van der Waals surface area contributed by atoms with Crippen molar-refractivity contribution in [3.63, 3.8) is 0 Å². The first-order valence-electron chi connectivity index (χ1n) is 6.04. The molecule has 7 heteroatoms. The highest BCUT2D eigenvalue weighted by atomic mass is 79.9. The standard InChI is InChI=1S/C14H11Br2FN2O2/c1-8(9-3-2-4-10(15)5-9)18-13-6-11(16)12(17)7-14(13)19(20)21/h2-8,18H,1H3. The Kier molecular flexibility index (Phi) is 4.95. The molecule has 0 saturated heterocycles. The molecule has 0 aliphatic heterocycles. The molecule has 0 aromatic heterocycles. The average Bonchev–Trinajstić information content (AvgIpc) is 2.42. The van der Waals surface area contributed by atoms with E-state index in [-0.39, 0.29) is 21.9 Å². The Morgan fingerprint density at radius 1 is 1.29 bits per heavy atom. The van der Waals surface area contributed by atoms with Crippen LogP contribution in [-0.4, -0.2) is 4.92 Å². The van der Waals surface area contributed by atoms with Crippen molar-refractivity contribution >= 4 is 43.2 Å². The molecule has 1 atom stereocenters. The molecule has 0 fully saturated rings. The second-order valence-corrected chi connectivity index (χ2v) is 6.23. The highest BCUT2D eigenvalue weighted by Gasteiger charge is 2.19. The molecule has 1 N–H and O–H groups in total. The van der Waals surface area contributed by atoms with E-state index in [0.717, 1.165) is 16.1 Å². The van der Waals surface area contributed by atoms with Gasteiger partial charge in [0.15, 0.2) is 0 Å². The second kappa shape index (κ2) is 6.53. The largest absolute Gasteiger partial charge is 0.373 e. The molecule has 0 aliphatic rings. The summed E-state index contributed by atoms with van der Waals surface area (Å²) >= 11 is 6.42. The van der Waals surface area contributed by atoms with Gasteiger partial charge in [0.1, 0.15) is 11.5 Å². The summed E-state index contributed by atoms with van der Waals surface area (Å²) in [7, 11) is 0. The number of benzene rings is 2. The zero-order chi connectivity index (χ0) is 15.6. The van der Waals surface area contributed by atoms with E-state index in [1.54, 1.807) is 0 Å². The van der Waals surface area contributed by atoms with Crippen LogP contribution in [-0.2, 0) is 0 Å². The zero-order valence-electron chi connectivity index (χ0n) is 10.9. The van der Waals surface area contributed by atoms with Gasteiger partial charge in [0, 0.05) is 10.5 Å². The third kappa shape index (κ3) is 3.79. The summed E-state index contributed by atoms with van der Waals surface area (Å²) in [5, 5.41) is 14.1. The molecule has 21 heavy (non-hydrogen) atoms. The van der Waals surface area contributed by atoms with Gasteiger partial charge in [-0.25, -0.2) is 4.39 Å². The lowest BCUT2D eigenvalue weighted by Gasteiger charge is -2.16. The van der Waals surface area contributed by atoms with Crippen molar-refractivity contribution in [2.24, 2.45) is 0 Å². The van der Waals surface area contributed by atoms with Crippen molar-refractivity contribution < 1.29 is 9.31 Å². The van der Waals surface area contributed by atoms with Gasteiger partial charge in [0.05, 0.1) is 15.5 Å². The Labute approximate surface area is 137 Å². The maximum absolute atomic E-state index is 13.4. The van der Waals surface area contributed by atoms with Crippen LogP contribution in [0.2, 0.25) is 0 Å². The number of hydrogen-bond donors (Lipinski definition) is 1. The summed E-state index contributed by atoms with van der Waals surface area (Å²) < 4.78 is 14.5. The fourth-order valence-corrected chi connectivity index (χ4v) is 2.66. The van der Waals surface area contributed by atoms with Crippen LogP contribution in [0.25, 0.3) is 0 Å². The number of anilines is 1. The lowest BCUT2D eigenvalue weighted by molar-refractivity contribution is -0.384. The first-order valence-corrected chi connectivity index (χ1v) is 7.62. The van der Waals surface area contributed by atoms with Gasteiger partial charge in [-0.3, -0.25) is 10.1 Å². The number of rotatable bonds is 4. The number of nitro benzene ring substituents is 1. The van der Waals surface area contributed by atoms with Crippen LogP contribution in [0.15, 0.2) is 45.3 Å². The van der Waals surface area contributed by atoms with Crippen molar-refractivity contribution in [3.05, 3.63) is 66.8 Å². The first-order chi connectivity index (χ1) is 9.88. The third-order valence-electron chi connectivity index (χ3n) is 2.96. The van der Waals surface area contributed by atoms with Crippen LogP contribution in [0.3, 0.4) is 0 Å². The average molecular weight is 418 g/mol. The highest BCUT2D eigenvalue weighted by molar-refractivity contribution is 9.10. The molecule has 0 radical (unpaired) electrons. The molecule has 0 saturated carbocycles. The van der Waals surface area contributed by atoms with Crippen molar-refractivity contribution in [1.82, 2.24) is 0 Å². The molecule has 0 spiro atoms.